The van der Waals surface area contributed by atoms with Crippen molar-refractivity contribution in [2.45, 2.75) is 130 Å². The van der Waals surface area contributed by atoms with Crippen LogP contribution in [-0.2, 0) is 39.9 Å². The molecule has 0 radical (unpaired) electrons. The lowest BCUT2D eigenvalue weighted by Crippen LogP contribution is -2.70. The van der Waals surface area contributed by atoms with Crippen molar-refractivity contribution in [1.82, 2.24) is 42.1 Å². The number of benzene rings is 1. The average Bonchev–Trinajstić information content (AvgIpc) is 3.94. The second-order valence-electron chi connectivity index (χ2n) is 17.6. The summed E-state index contributed by atoms with van der Waals surface area (Å²) in [6, 6.07) is -6.00. The Morgan fingerprint density at radius 3 is 1.97 bits per heavy atom. The second-order valence-corrected chi connectivity index (χ2v) is 17.6. The van der Waals surface area contributed by atoms with Crippen LogP contribution in [0, 0.1) is 5.92 Å². The Bertz CT molecular complexity index is 2040. The Balaban J connectivity index is 1.38. The molecule has 6 rings (SSSR count). The highest BCUT2D eigenvalue weighted by Crippen LogP contribution is 2.30. The van der Waals surface area contributed by atoms with Gasteiger partial charge in [0, 0.05) is 6.42 Å². The maximum absolute atomic E-state index is 14.7. The zero-order chi connectivity index (χ0) is 49.4. The first-order valence-corrected chi connectivity index (χ1v) is 22.4. The number of hydrogen-bond donors (Lipinski definition) is 17. The van der Waals surface area contributed by atoms with Gasteiger partial charge in [-0.3, -0.25) is 38.8 Å². The van der Waals surface area contributed by atoms with Crippen LogP contribution < -0.4 is 48.7 Å². The third kappa shape index (κ3) is 12.2. The average molecular weight is 963 g/mol. The molecule has 376 valence electrons. The predicted molar refractivity (Wildman–Crippen MR) is 234 cm³/mol. The number of aliphatic hydroxyl groups is 7. The van der Waals surface area contributed by atoms with Crippen LogP contribution in [0.25, 0.3) is 0 Å². The number of hydrogen-bond acceptors (Lipinski definition) is 21. The molecule has 14 atom stereocenters. The van der Waals surface area contributed by atoms with Crippen molar-refractivity contribution >= 4 is 47.4 Å². The summed E-state index contributed by atoms with van der Waals surface area (Å²) in [5.41, 5.74) is 12.4. The first-order chi connectivity index (χ1) is 32.4. The first-order valence-electron chi connectivity index (χ1n) is 22.4. The van der Waals surface area contributed by atoms with Crippen molar-refractivity contribution in [3.63, 3.8) is 0 Å². The molecule has 4 unspecified atom stereocenters. The fourth-order valence-electron chi connectivity index (χ4n) is 8.99. The zero-order valence-electron chi connectivity index (χ0n) is 36.9. The fourth-order valence-corrected chi connectivity index (χ4v) is 8.99. The Morgan fingerprint density at radius 2 is 1.32 bits per heavy atom. The second kappa shape index (κ2) is 22.9. The molecule has 1 aliphatic carbocycles. The van der Waals surface area contributed by atoms with E-state index in [1.807, 2.05) is 0 Å². The highest BCUT2D eigenvalue weighted by atomic mass is 16.6. The van der Waals surface area contributed by atoms with Crippen LogP contribution in [0.2, 0.25) is 0 Å². The number of phenols is 1. The van der Waals surface area contributed by atoms with Crippen LogP contribution in [0.1, 0.15) is 44.1 Å². The summed E-state index contributed by atoms with van der Waals surface area (Å²) in [5, 5.41) is 103. The summed E-state index contributed by atoms with van der Waals surface area (Å²) in [6.45, 7) is -3.39. The fraction of sp³-hybridized carbons (Fsp3) is 0.659. The van der Waals surface area contributed by atoms with Crippen molar-refractivity contribution in [2.24, 2.45) is 27.4 Å². The minimum atomic E-state index is -2.23. The lowest BCUT2D eigenvalue weighted by Gasteiger charge is -2.46. The van der Waals surface area contributed by atoms with E-state index in [-0.39, 0.29) is 37.0 Å². The number of amides is 6. The normalized spacial score (nSPS) is 33.8. The van der Waals surface area contributed by atoms with E-state index in [1.165, 1.54) is 24.3 Å². The van der Waals surface area contributed by atoms with E-state index < -0.39 is 153 Å². The molecule has 19 N–H and O–H groups in total. The smallest absolute Gasteiger partial charge is 0.246 e. The summed E-state index contributed by atoms with van der Waals surface area (Å²) in [4.78, 5) is 93.7. The highest BCUT2D eigenvalue weighted by Gasteiger charge is 2.52. The molecule has 27 nitrogen and oxygen atoms in total. The Labute approximate surface area is 389 Å². The van der Waals surface area contributed by atoms with Crippen LogP contribution in [-0.4, -0.2) is 211 Å². The number of carbonyl (C=O) groups is 6. The molecule has 6 amide bonds. The number of aliphatic hydroxyl groups excluding tert-OH is 7. The van der Waals surface area contributed by atoms with E-state index in [9.17, 15) is 69.6 Å². The molecule has 0 bridgehead atoms. The molecule has 68 heavy (non-hydrogen) atoms. The lowest BCUT2D eigenvalue weighted by atomic mass is 9.84. The molecule has 4 aliphatic heterocycles. The molecule has 0 spiro atoms. The van der Waals surface area contributed by atoms with Crippen LogP contribution in [0.5, 0.6) is 5.75 Å². The molecule has 0 aromatic heterocycles. The first kappa shape index (κ1) is 51.5. The van der Waals surface area contributed by atoms with Crippen molar-refractivity contribution < 1.29 is 74.4 Å². The van der Waals surface area contributed by atoms with Gasteiger partial charge in [0.1, 0.15) is 72.6 Å². The SMILES string of the molecule is NC1=NCC(C(O)[C@@H]2NC(=O)[C@@H](Cc3ccc(O)cc3)NC(=O)[C@H](CC3CCCCC3)NC(=O)CNC(=O)[C@H](CO)NC(=O)[C@@H](C(O)C3CN=C(N)N3[C@H]3O[C@H](CO)[C@@H](O)[C@H](O)[C@@H]3O)NC2=O)N1. The van der Waals surface area contributed by atoms with Gasteiger partial charge < -0.3 is 99.2 Å². The molecule has 4 heterocycles. The van der Waals surface area contributed by atoms with E-state index in [2.05, 4.69) is 47.2 Å². The molecule has 27 heteroatoms. The number of phenolic OH excluding ortho intramolecular Hbond substituents is 1. The van der Waals surface area contributed by atoms with Gasteiger partial charge in [0.05, 0.1) is 44.9 Å². The quantitative estimate of drug-likeness (QED) is 0.0979. The maximum Gasteiger partial charge on any atom is 0.246 e. The number of carbonyl (C=O) groups excluding carboxylic acids is 6. The summed E-state index contributed by atoms with van der Waals surface area (Å²) < 4.78 is 5.66. The minimum Gasteiger partial charge on any atom is -0.508 e. The van der Waals surface area contributed by atoms with E-state index in [4.69, 9.17) is 16.2 Å². The summed E-state index contributed by atoms with van der Waals surface area (Å²) in [6.07, 6.45) is -8.87. The monoisotopic (exact) mass is 962 g/mol. The molecule has 1 aromatic rings. The van der Waals surface area contributed by atoms with Gasteiger partial charge in [0.25, 0.3) is 0 Å². The number of aliphatic imine (C=N–C) groups is 2. The lowest BCUT2D eigenvalue weighted by molar-refractivity contribution is -0.260. The van der Waals surface area contributed by atoms with Gasteiger partial charge in [-0.25, -0.2) is 0 Å². The highest BCUT2D eigenvalue weighted by molar-refractivity contribution is 5.98. The van der Waals surface area contributed by atoms with Gasteiger partial charge in [-0.15, -0.1) is 0 Å². The van der Waals surface area contributed by atoms with Crippen molar-refractivity contribution in [3.05, 3.63) is 29.8 Å². The summed E-state index contributed by atoms with van der Waals surface area (Å²) >= 11 is 0. The van der Waals surface area contributed by atoms with E-state index in [0.717, 1.165) is 37.0 Å². The molecule has 1 saturated carbocycles. The predicted octanol–water partition coefficient (Wildman–Crippen LogP) is -8.74. The van der Waals surface area contributed by atoms with Crippen LogP contribution in [0.4, 0.5) is 0 Å². The maximum atomic E-state index is 14.7. The third-order valence-electron chi connectivity index (χ3n) is 12.8. The molecule has 3 fully saturated rings. The van der Waals surface area contributed by atoms with Gasteiger partial charge >= 0.3 is 0 Å². The Hall–Kier alpha value is -5.94. The van der Waals surface area contributed by atoms with Gasteiger partial charge in [-0.05, 0) is 30.0 Å². The van der Waals surface area contributed by atoms with Gasteiger partial charge in [-0.1, -0.05) is 44.2 Å². The number of aromatic hydroxyl groups is 1. The van der Waals surface area contributed by atoms with Gasteiger partial charge in [-0.2, -0.15) is 0 Å². The van der Waals surface area contributed by atoms with Crippen LogP contribution in [0.15, 0.2) is 34.3 Å². The Morgan fingerprint density at radius 1 is 0.691 bits per heavy atom. The minimum absolute atomic E-state index is 0.00205. The number of guanidine groups is 2. The number of nitrogens with two attached hydrogens (primary N) is 2. The Kier molecular flexibility index (Phi) is 17.3. The van der Waals surface area contributed by atoms with Crippen LogP contribution >= 0.6 is 0 Å². The molecule has 2 saturated heterocycles. The largest absolute Gasteiger partial charge is 0.508 e. The third-order valence-corrected chi connectivity index (χ3v) is 12.8. The zero-order valence-corrected chi connectivity index (χ0v) is 36.9. The van der Waals surface area contributed by atoms with Gasteiger partial charge in [0.15, 0.2) is 18.1 Å². The van der Waals surface area contributed by atoms with E-state index in [1.54, 1.807) is 0 Å². The molecular formula is C41H62N12O15. The molecular weight excluding hydrogens is 901 g/mol. The number of nitrogens with zero attached hydrogens (tertiary/aromatic N) is 3. The summed E-state index contributed by atoms with van der Waals surface area (Å²) in [7, 11) is 0. The number of nitrogens with one attached hydrogen (secondary N) is 7. The standard InChI is InChI=1S/C41H62N12O15/c42-40-45-12-22(50-40)29(58)27-38(67)52-28(30(59)24-13-46-41(43)53(24)39-33(62)32(61)31(60)25(16-55)68-39)37(66)49-23(15-54)34(63)44-14-26(57)47-20(10-17-4-2-1-3-5-17)35(64)48-21(36(65)51-27)11-18-6-8-19(56)9-7-18/h6-9,17,20-25,27-33,39,54-56,58-62H,1-5,10-16H2,(H2,43,46)(H,44,63)(H,47,57)(H,48,64)(H,49,66)(H,51,65)(H,52,67)(H3,42,45,50)/t20-,21+,22?,23-,24?,25+,27-,28+,29?,30?,31+,32-,33-,39-/m0/s1. The molecule has 1 aromatic carbocycles. The number of ether oxygens (including phenoxy) is 1. The summed E-state index contributed by atoms with van der Waals surface area (Å²) in [5.74, 6) is -7.17. The van der Waals surface area contributed by atoms with E-state index >= 15 is 0 Å². The van der Waals surface area contributed by atoms with E-state index in [0.29, 0.717) is 5.56 Å². The number of rotatable bonds is 11. The van der Waals surface area contributed by atoms with Crippen molar-refractivity contribution in [3.8, 4) is 5.75 Å². The van der Waals surface area contributed by atoms with Crippen LogP contribution in [0.3, 0.4) is 0 Å². The molecule has 5 aliphatic rings. The van der Waals surface area contributed by atoms with Crippen molar-refractivity contribution in [1.29, 1.82) is 0 Å². The van der Waals surface area contributed by atoms with Crippen molar-refractivity contribution in [2.75, 3.05) is 32.8 Å². The van der Waals surface area contributed by atoms with Gasteiger partial charge in [0.2, 0.25) is 35.4 Å². The topological polar surface area (TPSA) is 438 Å².